The summed E-state index contributed by atoms with van der Waals surface area (Å²) < 4.78 is 16.3. The van der Waals surface area contributed by atoms with Crippen LogP contribution in [-0.4, -0.2) is 30.3 Å². The standard InChI is InChI=1S/C19H15Cl2NO5S/c20-11-1-2-15-13(7-11)22-19(24)16(28-15)8-17(23)27-9-10-5-12(21)18-14(6-10)25-3-4-26-18/h1-2,5-7,16H,3-4,8-9H2,(H,22,24). The Morgan fingerprint density at radius 3 is 2.89 bits per heavy atom. The van der Waals surface area contributed by atoms with Gasteiger partial charge in [0.1, 0.15) is 19.8 Å². The molecule has 146 valence electrons. The lowest BCUT2D eigenvalue weighted by atomic mass is 10.2. The Balaban J connectivity index is 1.37. The van der Waals surface area contributed by atoms with Crippen LogP contribution in [0.1, 0.15) is 12.0 Å². The van der Waals surface area contributed by atoms with E-state index in [1.165, 1.54) is 11.8 Å². The van der Waals surface area contributed by atoms with Crippen molar-refractivity contribution in [3.05, 3.63) is 45.9 Å². The van der Waals surface area contributed by atoms with Gasteiger partial charge in [-0.15, -0.1) is 11.8 Å². The summed E-state index contributed by atoms with van der Waals surface area (Å²) in [4.78, 5) is 25.4. The van der Waals surface area contributed by atoms with E-state index >= 15 is 0 Å². The number of rotatable bonds is 4. The van der Waals surface area contributed by atoms with Gasteiger partial charge in [0.25, 0.3) is 0 Å². The highest BCUT2D eigenvalue weighted by Crippen LogP contribution is 2.39. The number of hydrogen-bond acceptors (Lipinski definition) is 6. The Hall–Kier alpha value is -2.09. The predicted octanol–water partition coefficient (Wildman–Crippen LogP) is 4.31. The van der Waals surface area contributed by atoms with Crippen molar-refractivity contribution in [2.45, 2.75) is 23.2 Å². The molecule has 1 N–H and O–H groups in total. The van der Waals surface area contributed by atoms with E-state index in [2.05, 4.69) is 5.32 Å². The minimum atomic E-state index is -0.565. The van der Waals surface area contributed by atoms with Gasteiger partial charge in [-0.25, -0.2) is 0 Å². The van der Waals surface area contributed by atoms with Crippen molar-refractivity contribution in [3.63, 3.8) is 0 Å². The summed E-state index contributed by atoms with van der Waals surface area (Å²) in [5.74, 6) is 0.300. The van der Waals surface area contributed by atoms with Crippen LogP contribution >= 0.6 is 35.0 Å². The van der Waals surface area contributed by atoms with Crippen molar-refractivity contribution in [3.8, 4) is 11.5 Å². The second kappa shape index (κ2) is 8.11. The smallest absolute Gasteiger partial charge is 0.307 e. The molecule has 2 aromatic carbocycles. The van der Waals surface area contributed by atoms with E-state index in [1.54, 1.807) is 24.3 Å². The maximum Gasteiger partial charge on any atom is 0.307 e. The van der Waals surface area contributed by atoms with Gasteiger partial charge in [-0.1, -0.05) is 23.2 Å². The van der Waals surface area contributed by atoms with Gasteiger partial charge in [0.15, 0.2) is 11.5 Å². The number of carbonyl (C=O) groups is 2. The van der Waals surface area contributed by atoms with Crippen LogP contribution in [0.4, 0.5) is 5.69 Å². The minimum absolute atomic E-state index is 0.0282. The average molecular weight is 440 g/mol. The number of thioether (sulfide) groups is 1. The van der Waals surface area contributed by atoms with Crippen LogP contribution in [0.25, 0.3) is 0 Å². The van der Waals surface area contributed by atoms with E-state index in [4.69, 9.17) is 37.4 Å². The number of nitrogens with one attached hydrogen (secondary N) is 1. The molecule has 0 saturated heterocycles. The van der Waals surface area contributed by atoms with Gasteiger partial charge in [-0.2, -0.15) is 0 Å². The minimum Gasteiger partial charge on any atom is -0.486 e. The largest absolute Gasteiger partial charge is 0.486 e. The maximum absolute atomic E-state index is 12.3. The lowest BCUT2D eigenvalue weighted by Gasteiger charge is -2.23. The third kappa shape index (κ3) is 4.16. The number of amides is 1. The molecule has 2 aliphatic rings. The molecule has 2 heterocycles. The zero-order valence-electron chi connectivity index (χ0n) is 14.5. The fraction of sp³-hybridized carbons (Fsp3) is 0.263. The monoisotopic (exact) mass is 439 g/mol. The number of anilines is 1. The summed E-state index contributed by atoms with van der Waals surface area (Å²) in [5, 5.41) is 3.15. The van der Waals surface area contributed by atoms with Crippen LogP contribution in [-0.2, 0) is 20.9 Å². The molecular weight excluding hydrogens is 425 g/mol. The van der Waals surface area contributed by atoms with Crippen LogP contribution < -0.4 is 14.8 Å². The van der Waals surface area contributed by atoms with Crippen molar-refractivity contribution in [2.75, 3.05) is 18.5 Å². The Labute approximate surface area is 175 Å². The molecule has 2 aromatic rings. The first-order valence-corrected chi connectivity index (χ1v) is 10.1. The fourth-order valence-electron chi connectivity index (χ4n) is 2.88. The first kappa shape index (κ1) is 19.2. The molecule has 0 bridgehead atoms. The number of fused-ring (bicyclic) bond motifs is 2. The van der Waals surface area contributed by atoms with Gasteiger partial charge in [-0.05, 0) is 35.9 Å². The summed E-state index contributed by atoms with van der Waals surface area (Å²) in [7, 11) is 0. The number of esters is 1. The first-order chi connectivity index (χ1) is 13.5. The Bertz CT molecular complexity index is 952. The van der Waals surface area contributed by atoms with Crippen molar-refractivity contribution in [1.29, 1.82) is 0 Å². The Morgan fingerprint density at radius 2 is 2.04 bits per heavy atom. The number of benzene rings is 2. The van der Waals surface area contributed by atoms with Crippen LogP contribution in [0.15, 0.2) is 35.2 Å². The van der Waals surface area contributed by atoms with E-state index in [9.17, 15) is 9.59 Å². The number of ether oxygens (including phenoxy) is 3. The van der Waals surface area contributed by atoms with E-state index in [1.807, 2.05) is 6.07 Å². The first-order valence-electron chi connectivity index (χ1n) is 8.50. The lowest BCUT2D eigenvalue weighted by molar-refractivity contribution is -0.145. The lowest BCUT2D eigenvalue weighted by Crippen LogP contribution is -2.31. The SMILES string of the molecule is O=C(CC1Sc2ccc(Cl)cc2NC1=O)OCc1cc(Cl)c2c(c1)OCCO2. The van der Waals surface area contributed by atoms with E-state index < -0.39 is 11.2 Å². The van der Waals surface area contributed by atoms with Crippen LogP contribution in [0.5, 0.6) is 11.5 Å². The van der Waals surface area contributed by atoms with Gasteiger partial charge in [0.05, 0.1) is 22.4 Å². The molecule has 2 aliphatic heterocycles. The number of carbonyl (C=O) groups excluding carboxylic acids is 2. The molecule has 0 saturated carbocycles. The quantitative estimate of drug-likeness (QED) is 0.715. The molecule has 0 radical (unpaired) electrons. The molecule has 9 heteroatoms. The van der Waals surface area contributed by atoms with Crippen molar-refractivity contribution < 1.29 is 23.8 Å². The number of halogens is 2. The predicted molar refractivity (Wildman–Crippen MR) is 107 cm³/mol. The summed E-state index contributed by atoms with van der Waals surface area (Å²) in [6.45, 7) is 0.908. The van der Waals surface area contributed by atoms with Crippen molar-refractivity contribution in [2.24, 2.45) is 0 Å². The Kier molecular flexibility index (Phi) is 5.57. The van der Waals surface area contributed by atoms with Crippen LogP contribution in [0, 0.1) is 0 Å². The summed E-state index contributed by atoms with van der Waals surface area (Å²) >= 11 is 13.4. The molecule has 1 amide bonds. The van der Waals surface area contributed by atoms with E-state index in [0.717, 1.165) is 4.90 Å². The maximum atomic E-state index is 12.3. The van der Waals surface area contributed by atoms with Crippen molar-refractivity contribution >= 4 is 52.5 Å². The molecule has 6 nitrogen and oxygen atoms in total. The number of hydrogen-bond donors (Lipinski definition) is 1. The summed E-state index contributed by atoms with van der Waals surface area (Å²) in [5.41, 5.74) is 1.33. The van der Waals surface area contributed by atoms with E-state index in [-0.39, 0.29) is 18.9 Å². The summed E-state index contributed by atoms with van der Waals surface area (Å²) in [6.07, 6.45) is -0.0448. The van der Waals surface area contributed by atoms with Gasteiger partial charge in [-0.3, -0.25) is 9.59 Å². The zero-order valence-corrected chi connectivity index (χ0v) is 16.8. The second-order valence-corrected chi connectivity index (χ2v) is 8.29. The molecule has 0 aliphatic carbocycles. The zero-order chi connectivity index (χ0) is 19.7. The Morgan fingerprint density at radius 1 is 1.21 bits per heavy atom. The van der Waals surface area contributed by atoms with Gasteiger partial charge in [0, 0.05) is 9.92 Å². The molecule has 1 atom stereocenters. The van der Waals surface area contributed by atoms with Gasteiger partial charge in [0.2, 0.25) is 5.91 Å². The summed E-state index contributed by atoms with van der Waals surface area (Å²) in [6, 6.07) is 8.64. The van der Waals surface area contributed by atoms with Crippen LogP contribution in [0.3, 0.4) is 0 Å². The molecule has 0 spiro atoms. The third-order valence-electron chi connectivity index (χ3n) is 4.17. The fourth-order valence-corrected chi connectivity index (χ4v) is 4.41. The van der Waals surface area contributed by atoms with Gasteiger partial charge < -0.3 is 19.5 Å². The molecular formula is C19H15Cl2NO5S. The molecule has 0 aromatic heterocycles. The van der Waals surface area contributed by atoms with E-state index in [0.29, 0.717) is 46.0 Å². The van der Waals surface area contributed by atoms with Gasteiger partial charge >= 0.3 is 5.97 Å². The third-order valence-corrected chi connectivity index (χ3v) is 5.96. The molecule has 0 fully saturated rings. The van der Waals surface area contributed by atoms with Crippen LogP contribution in [0.2, 0.25) is 10.0 Å². The highest BCUT2D eigenvalue weighted by atomic mass is 35.5. The molecule has 4 rings (SSSR count). The normalized spacial score (nSPS) is 17.5. The average Bonchev–Trinajstić information content (AvgIpc) is 2.67. The topological polar surface area (TPSA) is 73.9 Å². The molecule has 28 heavy (non-hydrogen) atoms. The molecule has 1 unspecified atom stereocenters. The second-order valence-electron chi connectivity index (χ2n) is 6.20. The van der Waals surface area contributed by atoms with Crippen molar-refractivity contribution in [1.82, 2.24) is 0 Å². The highest BCUT2D eigenvalue weighted by molar-refractivity contribution is 8.01. The highest BCUT2D eigenvalue weighted by Gasteiger charge is 2.29.